The van der Waals surface area contributed by atoms with E-state index in [-0.39, 0.29) is 5.91 Å². The number of amides is 1. The standard InChI is InChI=1S/C15H18N4O/c1-11-10-13(12-6-3-2-4-7-12)18-19-15(11)17-9-5-8-14(16)20/h2-4,6-7,10H,5,8-9H2,1H3,(H2,16,20)(H,17,19). The van der Waals surface area contributed by atoms with E-state index in [0.29, 0.717) is 19.4 Å². The normalized spacial score (nSPS) is 10.2. The quantitative estimate of drug-likeness (QED) is 0.788. The Labute approximate surface area is 118 Å². The number of carbonyl (C=O) groups excluding carboxylic acids is 1. The summed E-state index contributed by atoms with van der Waals surface area (Å²) >= 11 is 0. The monoisotopic (exact) mass is 270 g/mol. The Bertz CT molecular complexity index is 584. The fraction of sp³-hybridized carbons (Fsp3) is 0.267. The van der Waals surface area contributed by atoms with Crippen molar-refractivity contribution in [2.75, 3.05) is 11.9 Å². The van der Waals surface area contributed by atoms with Gasteiger partial charge in [0, 0.05) is 18.5 Å². The lowest BCUT2D eigenvalue weighted by Crippen LogP contribution is -2.13. The molecule has 0 aliphatic heterocycles. The summed E-state index contributed by atoms with van der Waals surface area (Å²) in [4.78, 5) is 10.6. The number of hydrogen-bond acceptors (Lipinski definition) is 4. The summed E-state index contributed by atoms with van der Waals surface area (Å²) in [6, 6.07) is 11.9. The van der Waals surface area contributed by atoms with E-state index < -0.39 is 0 Å². The molecule has 0 spiro atoms. The minimum atomic E-state index is -0.283. The Morgan fingerprint density at radius 1 is 1.25 bits per heavy atom. The molecule has 1 amide bonds. The molecule has 3 N–H and O–H groups in total. The Morgan fingerprint density at radius 2 is 2.00 bits per heavy atom. The van der Waals surface area contributed by atoms with Gasteiger partial charge in [-0.25, -0.2) is 0 Å². The van der Waals surface area contributed by atoms with Gasteiger partial charge in [0.25, 0.3) is 0 Å². The molecule has 1 aromatic heterocycles. The van der Waals surface area contributed by atoms with Gasteiger partial charge in [-0.15, -0.1) is 10.2 Å². The zero-order chi connectivity index (χ0) is 14.4. The van der Waals surface area contributed by atoms with Crippen LogP contribution in [0, 0.1) is 6.92 Å². The van der Waals surface area contributed by atoms with Gasteiger partial charge in [-0.1, -0.05) is 30.3 Å². The maximum absolute atomic E-state index is 10.6. The van der Waals surface area contributed by atoms with E-state index in [9.17, 15) is 4.79 Å². The van der Waals surface area contributed by atoms with E-state index in [4.69, 9.17) is 5.73 Å². The summed E-state index contributed by atoms with van der Waals surface area (Å²) in [7, 11) is 0. The molecule has 0 fully saturated rings. The molecule has 104 valence electrons. The van der Waals surface area contributed by atoms with Crippen LogP contribution in [0.25, 0.3) is 11.3 Å². The molecule has 5 heteroatoms. The molecule has 2 aromatic rings. The van der Waals surface area contributed by atoms with Gasteiger partial charge in [0.15, 0.2) is 5.82 Å². The van der Waals surface area contributed by atoms with Gasteiger partial charge < -0.3 is 11.1 Å². The minimum Gasteiger partial charge on any atom is -0.370 e. The topological polar surface area (TPSA) is 80.9 Å². The number of rotatable bonds is 6. The highest BCUT2D eigenvalue weighted by Crippen LogP contribution is 2.19. The van der Waals surface area contributed by atoms with Crippen LogP contribution in [0.1, 0.15) is 18.4 Å². The van der Waals surface area contributed by atoms with Crippen LogP contribution >= 0.6 is 0 Å². The van der Waals surface area contributed by atoms with Gasteiger partial charge in [-0.3, -0.25) is 4.79 Å². The first-order chi connectivity index (χ1) is 9.66. The van der Waals surface area contributed by atoms with E-state index >= 15 is 0 Å². The van der Waals surface area contributed by atoms with E-state index in [1.54, 1.807) is 0 Å². The number of primary amides is 1. The van der Waals surface area contributed by atoms with Crippen LogP contribution in [0.5, 0.6) is 0 Å². The molecule has 0 aliphatic rings. The number of anilines is 1. The van der Waals surface area contributed by atoms with Crippen molar-refractivity contribution in [1.29, 1.82) is 0 Å². The molecule has 1 heterocycles. The number of aryl methyl sites for hydroxylation is 1. The van der Waals surface area contributed by atoms with Crippen molar-refractivity contribution in [2.45, 2.75) is 19.8 Å². The first kappa shape index (κ1) is 14.0. The Kier molecular flexibility index (Phi) is 4.65. The number of aromatic nitrogens is 2. The third-order valence-corrected chi connectivity index (χ3v) is 2.95. The first-order valence-corrected chi connectivity index (χ1v) is 6.59. The lowest BCUT2D eigenvalue weighted by Gasteiger charge is -2.08. The molecule has 0 saturated heterocycles. The SMILES string of the molecule is Cc1cc(-c2ccccc2)nnc1NCCCC(N)=O. The molecule has 20 heavy (non-hydrogen) atoms. The fourth-order valence-electron chi connectivity index (χ4n) is 1.88. The zero-order valence-electron chi connectivity index (χ0n) is 11.5. The summed E-state index contributed by atoms with van der Waals surface area (Å²) in [5.74, 6) is 0.461. The number of nitrogens with zero attached hydrogens (tertiary/aromatic N) is 2. The lowest BCUT2D eigenvalue weighted by molar-refractivity contribution is -0.118. The van der Waals surface area contributed by atoms with Crippen molar-refractivity contribution in [1.82, 2.24) is 10.2 Å². The third-order valence-electron chi connectivity index (χ3n) is 2.95. The predicted octanol–water partition coefficient (Wildman–Crippen LogP) is 2.13. The zero-order valence-corrected chi connectivity index (χ0v) is 11.5. The van der Waals surface area contributed by atoms with Crippen LogP contribution in [0.4, 0.5) is 5.82 Å². The maximum Gasteiger partial charge on any atom is 0.217 e. The van der Waals surface area contributed by atoms with Crippen LogP contribution in [0.3, 0.4) is 0 Å². The third kappa shape index (κ3) is 3.78. The molecule has 2 rings (SSSR count). The second-order valence-electron chi connectivity index (χ2n) is 4.62. The van der Waals surface area contributed by atoms with Crippen LogP contribution < -0.4 is 11.1 Å². The molecule has 0 saturated carbocycles. The summed E-state index contributed by atoms with van der Waals surface area (Å²) in [6.07, 6.45) is 1.07. The summed E-state index contributed by atoms with van der Waals surface area (Å²) < 4.78 is 0. The number of nitrogens with one attached hydrogen (secondary N) is 1. The maximum atomic E-state index is 10.6. The molecule has 0 atom stereocenters. The molecule has 0 radical (unpaired) electrons. The number of carbonyl (C=O) groups is 1. The Balaban J connectivity index is 2.01. The van der Waals surface area contributed by atoms with Crippen molar-refractivity contribution < 1.29 is 4.79 Å². The van der Waals surface area contributed by atoms with Crippen LogP contribution in [0.2, 0.25) is 0 Å². The number of benzene rings is 1. The highest BCUT2D eigenvalue weighted by Gasteiger charge is 2.05. The largest absolute Gasteiger partial charge is 0.370 e. The average molecular weight is 270 g/mol. The summed E-state index contributed by atoms with van der Waals surface area (Å²) in [5.41, 5.74) is 8.01. The van der Waals surface area contributed by atoms with Crippen molar-refractivity contribution in [2.24, 2.45) is 5.73 Å². The molecule has 0 bridgehead atoms. The molecule has 0 aliphatic carbocycles. The van der Waals surface area contributed by atoms with E-state index in [0.717, 1.165) is 22.6 Å². The summed E-state index contributed by atoms with van der Waals surface area (Å²) in [5, 5.41) is 11.6. The molecule has 1 aromatic carbocycles. The molecular weight excluding hydrogens is 252 g/mol. The molecule has 0 unspecified atom stereocenters. The van der Waals surface area contributed by atoms with Gasteiger partial charge in [0.05, 0.1) is 5.69 Å². The van der Waals surface area contributed by atoms with Crippen molar-refractivity contribution in [3.8, 4) is 11.3 Å². The molecular formula is C15H18N4O. The van der Waals surface area contributed by atoms with E-state index in [2.05, 4.69) is 15.5 Å². The minimum absolute atomic E-state index is 0.283. The summed E-state index contributed by atoms with van der Waals surface area (Å²) in [6.45, 7) is 2.64. The van der Waals surface area contributed by atoms with Gasteiger partial charge in [-0.05, 0) is 25.0 Å². The van der Waals surface area contributed by atoms with Gasteiger partial charge in [-0.2, -0.15) is 0 Å². The lowest BCUT2D eigenvalue weighted by atomic mass is 10.1. The van der Waals surface area contributed by atoms with Gasteiger partial charge in [0.1, 0.15) is 0 Å². The van der Waals surface area contributed by atoms with E-state index in [1.807, 2.05) is 43.3 Å². The highest BCUT2D eigenvalue weighted by atomic mass is 16.1. The smallest absolute Gasteiger partial charge is 0.217 e. The second-order valence-corrected chi connectivity index (χ2v) is 4.62. The van der Waals surface area contributed by atoms with Crippen molar-refractivity contribution in [3.05, 3.63) is 42.0 Å². The van der Waals surface area contributed by atoms with Crippen molar-refractivity contribution >= 4 is 11.7 Å². The first-order valence-electron chi connectivity index (χ1n) is 6.59. The Morgan fingerprint density at radius 3 is 2.65 bits per heavy atom. The fourth-order valence-corrected chi connectivity index (χ4v) is 1.88. The Hall–Kier alpha value is -2.43. The molecule has 5 nitrogen and oxygen atoms in total. The van der Waals surface area contributed by atoms with Crippen LogP contribution in [-0.4, -0.2) is 22.6 Å². The average Bonchev–Trinajstić information content (AvgIpc) is 2.45. The van der Waals surface area contributed by atoms with Crippen molar-refractivity contribution in [3.63, 3.8) is 0 Å². The van der Waals surface area contributed by atoms with Gasteiger partial charge in [0.2, 0.25) is 5.91 Å². The number of hydrogen-bond donors (Lipinski definition) is 2. The highest BCUT2D eigenvalue weighted by molar-refractivity contribution is 5.73. The van der Waals surface area contributed by atoms with E-state index in [1.165, 1.54) is 0 Å². The van der Waals surface area contributed by atoms with Crippen LogP contribution in [-0.2, 0) is 4.79 Å². The van der Waals surface area contributed by atoms with Crippen LogP contribution in [0.15, 0.2) is 36.4 Å². The number of nitrogens with two attached hydrogens (primary N) is 1. The predicted molar refractivity (Wildman–Crippen MR) is 79.1 cm³/mol. The second kappa shape index (κ2) is 6.65. The van der Waals surface area contributed by atoms with Gasteiger partial charge >= 0.3 is 0 Å².